The number of hydrogen-bond acceptors (Lipinski definition) is 5. The molecular formula is C25H25N5O2. The molecule has 0 aliphatic heterocycles. The lowest BCUT2D eigenvalue weighted by Gasteiger charge is -2.12. The molecule has 0 bridgehead atoms. The van der Waals surface area contributed by atoms with Crippen molar-refractivity contribution in [2.75, 3.05) is 5.32 Å². The zero-order valence-electron chi connectivity index (χ0n) is 18.6. The van der Waals surface area contributed by atoms with E-state index in [-0.39, 0.29) is 12.3 Å². The van der Waals surface area contributed by atoms with Crippen LogP contribution in [0.4, 0.5) is 5.69 Å². The minimum Gasteiger partial charge on any atom is -0.455 e. The highest BCUT2D eigenvalue weighted by Gasteiger charge is 2.18. The number of para-hydroxylation sites is 3. The molecule has 7 heteroatoms. The van der Waals surface area contributed by atoms with E-state index in [9.17, 15) is 4.79 Å². The summed E-state index contributed by atoms with van der Waals surface area (Å²) >= 11 is 0. The van der Waals surface area contributed by atoms with Gasteiger partial charge in [-0.3, -0.25) is 4.79 Å². The van der Waals surface area contributed by atoms with E-state index in [0.717, 1.165) is 28.3 Å². The maximum Gasteiger partial charge on any atom is 0.251 e. The molecule has 0 spiro atoms. The lowest BCUT2D eigenvalue weighted by molar-refractivity contribution is -0.115. The molecule has 4 rings (SSSR count). The van der Waals surface area contributed by atoms with Gasteiger partial charge >= 0.3 is 0 Å². The fourth-order valence-electron chi connectivity index (χ4n) is 3.56. The third-order valence-electron chi connectivity index (χ3n) is 5.07. The highest BCUT2D eigenvalue weighted by atomic mass is 16.5. The van der Waals surface area contributed by atoms with Gasteiger partial charge in [-0.1, -0.05) is 30.3 Å². The quantitative estimate of drug-likeness (QED) is 0.475. The van der Waals surface area contributed by atoms with Crippen LogP contribution in [0.5, 0.6) is 11.5 Å². The SMILES string of the molecule is Cc1cc(C)nc(-n2nc(C)c(CC(=O)Nc3ccccc3Oc3ccccc3)c2C)n1. The first-order valence-corrected chi connectivity index (χ1v) is 10.4. The van der Waals surface area contributed by atoms with Crippen molar-refractivity contribution in [3.05, 3.63) is 89.0 Å². The van der Waals surface area contributed by atoms with Crippen molar-refractivity contribution in [2.24, 2.45) is 0 Å². The molecule has 0 unspecified atom stereocenters. The van der Waals surface area contributed by atoms with Crippen molar-refractivity contribution in [3.8, 4) is 17.4 Å². The Labute approximate surface area is 187 Å². The minimum absolute atomic E-state index is 0.152. The number of hydrogen-bond donors (Lipinski definition) is 1. The Balaban J connectivity index is 1.54. The lowest BCUT2D eigenvalue weighted by atomic mass is 10.1. The van der Waals surface area contributed by atoms with E-state index in [4.69, 9.17) is 4.74 Å². The number of carbonyl (C=O) groups is 1. The second kappa shape index (κ2) is 9.01. The van der Waals surface area contributed by atoms with Gasteiger partial charge in [0.1, 0.15) is 5.75 Å². The smallest absolute Gasteiger partial charge is 0.251 e. The molecule has 0 aliphatic carbocycles. The summed E-state index contributed by atoms with van der Waals surface area (Å²) in [5, 5.41) is 7.55. The van der Waals surface area contributed by atoms with Crippen molar-refractivity contribution < 1.29 is 9.53 Å². The van der Waals surface area contributed by atoms with Crippen LogP contribution in [0.25, 0.3) is 5.95 Å². The maximum atomic E-state index is 12.9. The van der Waals surface area contributed by atoms with Crippen LogP contribution in [0.3, 0.4) is 0 Å². The predicted octanol–water partition coefficient (Wildman–Crippen LogP) is 4.87. The second-order valence-corrected chi connectivity index (χ2v) is 7.65. The molecule has 7 nitrogen and oxygen atoms in total. The van der Waals surface area contributed by atoms with Crippen LogP contribution >= 0.6 is 0 Å². The summed E-state index contributed by atoms with van der Waals surface area (Å²) in [4.78, 5) is 21.9. The Bertz CT molecular complexity index is 1240. The Hall–Kier alpha value is -4.00. The van der Waals surface area contributed by atoms with Gasteiger partial charge in [0.2, 0.25) is 5.91 Å². The largest absolute Gasteiger partial charge is 0.455 e. The number of rotatable bonds is 6. The summed E-state index contributed by atoms with van der Waals surface area (Å²) in [6, 6.07) is 18.8. The standard InChI is InChI=1S/C25H25N5O2/c1-16-14-17(2)27-25(26-16)30-19(4)21(18(3)29-30)15-24(31)28-22-12-8-9-13-23(22)32-20-10-6-5-7-11-20/h5-14H,15H2,1-4H3,(H,28,31). The summed E-state index contributed by atoms with van der Waals surface area (Å²) in [6.07, 6.45) is 0.183. The molecular weight excluding hydrogens is 402 g/mol. The molecule has 2 heterocycles. The Morgan fingerprint density at radius 3 is 2.31 bits per heavy atom. The van der Waals surface area contributed by atoms with Gasteiger partial charge in [0.15, 0.2) is 5.75 Å². The van der Waals surface area contributed by atoms with E-state index in [1.165, 1.54) is 0 Å². The fraction of sp³-hybridized carbons (Fsp3) is 0.200. The molecule has 4 aromatic rings. The van der Waals surface area contributed by atoms with Crippen molar-refractivity contribution in [1.82, 2.24) is 19.7 Å². The van der Waals surface area contributed by atoms with E-state index >= 15 is 0 Å². The van der Waals surface area contributed by atoms with Gasteiger partial charge in [0.05, 0.1) is 17.8 Å². The first-order valence-electron chi connectivity index (χ1n) is 10.4. The third-order valence-corrected chi connectivity index (χ3v) is 5.07. The van der Waals surface area contributed by atoms with Crippen LogP contribution in [0.2, 0.25) is 0 Å². The molecule has 1 N–H and O–H groups in total. The van der Waals surface area contributed by atoms with Crippen LogP contribution in [-0.4, -0.2) is 25.7 Å². The van der Waals surface area contributed by atoms with Gasteiger partial charge in [-0.15, -0.1) is 0 Å². The number of nitrogens with one attached hydrogen (secondary N) is 1. The Kier molecular flexibility index (Phi) is 5.98. The molecule has 0 saturated carbocycles. The van der Waals surface area contributed by atoms with E-state index in [0.29, 0.717) is 23.1 Å². The zero-order valence-corrected chi connectivity index (χ0v) is 18.6. The molecule has 0 fully saturated rings. The average Bonchev–Trinajstić information content (AvgIpc) is 3.03. The Morgan fingerprint density at radius 2 is 1.59 bits per heavy atom. The molecule has 2 aromatic heterocycles. The number of amides is 1. The maximum absolute atomic E-state index is 12.9. The first-order chi connectivity index (χ1) is 15.4. The number of anilines is 1. The number of carbonyl (C=O) groups excluding carboxylic acids is 1. The van der Waals surface area contributed by atoms with E-state index in [1.807, 2.05) is 88.4 Å². The summed E-state index contributed by atoms with van der Waals surface area (Å²) < 4.78 is 7.64. The third kappa shape index (κ3) is 4.67. The highest BCUT2D eigenvalue weighted by Crippen LogP contribution is 2.29. The van der Waals surface area contributed by atoms with Gasteiger partial charge in [0.25, 0.3) is 5.95 Å². The van der Waals surface area contributed by atoms with Gasteiger partial charge in [-0.25, -0.2) is 14.6 Å². The molecule has 32 heavy (non-hydrogen) atoms. The van der Waals surface area contributed by atoms with Crippen LogP contribution in [-0.2, 0) is 11.2 Å². The van der Waals surface area contributed by atoms with Gasteiger partial charge in [0, 0.05) is 22.6 Å². The highest BCUT2D eigenvalue weighted by molar-refractivity contribution is 5.94. The van der Waals surface area contributed by atoms with E-state index in [2.05, 4.69) is 20.4 Å². The second-order valence-electron chi connectivity index (χ2n) is 7.65. The molecule has 0 atom stereocenters. The molecule has 0 radical (unpaired) electrons. The van der Waals surface area contributed by atoms with Crippen molar-refractivity contribution in [1.29, 1.82) is 0 Å². The first kappa shape index (κ1) is 21.2. The van der Waals surface area contributed by atoms with Crippen LogP contribution in [0.1, 0.15) is 28.3 Å². The molecule has 0 saturated heterocycles. The van der Waals surface area contributed by atoms with Crippen LogP contribution in [0, 0.1) is 27.7 Å². The fourth-order valence-corrected chi connectivity index (χ4v) is 3.56. The number of aromatic nitrogens is 4. The summed E-state index contributed by atoms with van der Waals surface area (Å²) in [7, 11) is 0. The van der Waals surface area contributed by atoms with Gasteiger partial charge < -0.3 is 10.1 Å². The van der Waals surface area contributed by atoms with Gasteiger partial charge in [-0.05, 0) is 58.0 Å². The average molecular weight is 428 g/mol. The monoisotopic (exact) mass is 427 g/mol. The number of benzene rings is 2. The molecule has 2 aromatic carbocycles. The van der Waals surface area contributed by atoms with Crippen LogP contribution in [0.15, 0.2) is 60.7 Å². The topological polar surface area (TPSA) is 81.9 Å². The molecule has 0 aliphatic rings. The Morgan fingerprint density at radius 1 is 0.938 bits per heavy atom. The van der Waals surface area contributed by atoms with E-state index in [1.54, 1.807) is 4.68 Å². The lowest BCUT2D eigenvalue weighted by Crippen LogP contribution is -2.16. The van der Waals surface area contributed by atoms with Crippen molar-refractivity contribution in [3.63, 3.8) is 0 Å². The summed E-state index contributed by atoms with van der Waals surface area (Å²) in [6.45, 7) is 7.66. The molecule has 1 amide bonds. The van der Waals surface area contributed by atoms with Gasteiger partial charge in [-0.2, -0.15) is 5.10 Å². The number of ether oxygens (including phenoxy) is 1. The summed E-state index contributed by atoms with van der Waals surface area (Å²) in [5.74, 6) is 1.65. The van der Waals surface area contributed by atoms with Crippen molar-refractivity contribution >= 4 is 11.6 Å². The number of aryl methyl sites for hydroxylation is 3. The summed E-state index contributed by atoms with van der Waals surface area (Å²) in [5.41, 5.74) is 4.82. The zero-order chi connectivity index (χ0) is 22.7. The van der Waals surface area contributed by atoms with Crippen LogP contribution < -0.4 is 10.1 Å². The normalized spacial score (nSPS) is 10.8. The van der Waals surface area contributed by atoms with E-state index < -0.39 is 0 Å². The predicted molar refractivity (Wildman–Crippen MR) is 123 cm³/mol. The van der Waals surface area contributed by atoms with Crippen molar-refractivity contribution in [2.45, 2.75) is 34.1 Å². The number of nitrogens with zero attached hydrogens (tertiary/aromatic N) is 4. The molecule has 162 valence electrons. The minimum atomic E-state index is -0.152.